The minimum absolute atomic E-state index is 0.237. The molecular formula is C14H11N5O2. The molecule has 7 heteroatoms. The molecule has 0 fully saturated rings. The molecule has 4 rings (SSSR count). The van der Waals surface area contributed by atoms with Crippen molar-refractivity contribution >= 4 is 5.69 Å². The molecule has 2 N–H and O–H groups in total. The maximum atomic E-state index is 6.04. The molecule has 7 nitrogen and oxygen atoms in total. The van der Waals surface area contributed by atoms with Gasteiger partial charge in [0.15, 0.2) is 11.5 Å². The lowest BCUT2D eigenvalue weighted by Crippen LogP contribution is -2.00. The Labute approximate surface area is 120 Å². The van der Waals surface area contributed by atoms with Crippen molar-refractivity contribution in [2.45, 2.75) is 0 Å². The van der Waals surface area contributed by atoms with Crippen LogP contribution in [-0.4, -0.2) is 26.5 Å². The van der Waals surface area contributed by atoms with Gasteiger partial charge < -0.3 is 15.2 Å². The van der Waals surface area contributed by atoms with Crippen LogP contribution in [0.25, 0.3) is 17.2 Å². The van der Waals surface area contributed by atoms with Crippen molar-refractivity contribution in [1.29, 1.82) is 0 Å². The summed E-state index contributed by atoms with van der Waals surface area (Å²) in [5, 5.41) is 4.45. The molecule has 2 aromatic heterocycles. The third-order valence-corrected chi connectivity index (χ3v) is 3.15. The van der Waals surface area contributed by atoms with E-state index in [0.717, 1.165) is 11.3 Å². The number of nitrogens with two attached hydrogens (primary N) is 1. The Hall–Kier alpha value is -3.09. The molecule has 3 heterocycles. The van der Waals surface area contributed by atoms with E-state index in [9.17, 15) is 0 Å². The maximum absolute atomic E-state index is 6.04. The number of ether oxygens (including phenoxy) is 2. The van der Waals surface area contributed by atoms with Gasteiger partial charge in [-0.05, 0) is 24.3 Å². The molecule has 1 aliphatic rings. The fourth-order valence-electron chi connectivity index (χ4n) is 2.17. The lowest BCUT2D eigenvalue weighted by atomic mass is 10.1. The first kappa shape index (κ1) is 11.7. The molecule has 0 amide bonds. The molecule has 1 aliphatic heterocycles. The molecule has 0 saturated heterocycles. The van der Waals surface area contributed by atoms with Crippen molar-refractivity contribution in [3.8, 4) is 28.7 Å². The van der Waals surface area contributed by atoms with Crippen LogP contribution in [0.5, 0.6) is 11.5 Å². The second kappa shape index (κ2) is 4.48. The average Bonchev–Trinajstić information content (AvgIpc) is 3.13. The Kier molecular flexibility index (Phi) is 2.50. The molecule has 104 valence electrons. The Morgan fingerprint density at radius 2 is 1.90 bits per heavy atom. The minimum Gasteiger partial charge on any atom is -0.454 e. The number of hydrogen-bond donors (Lipinski definition) is 1. The smallest absolute Gasteiger partial charge is 0.250 e. The van der Waals surface area contributed by atoms with E-state index in [4.69, 9.17) is 15.2 Å². The van der Waals surface area contributed by atoms with Gasteiger partial charge in [-0.2, -0.15) is 5.10 Å². The molecule has 3 aromatic rings. The van der Waals surface area contributed by atoms with Gasteiger partial charge in [0, 0.05) is 18.0 Å². The molecule has 0 saturated carbocycles. The molecule has 21 heavy (non-hydrogen) atoms. The highest BCUT2D eigenvalue weighted by atomic mass is 16.7. The lowest BCUT2D eigenvalue weighted by Gasteiger charge is -2.01. The van der Waals surface area contributed by atoms with E-state index < -0.39 is 0 Å². The molecule has 0 radical (unpaired) electrons. The van der Waals surface area contributed by atoms with Gasteiger partial charge >= 0.3 is 0 Å². The number of nitrogen functional groups attached to an aromatic ring is 1. The van der Waals surface area contributed by atoms with Gasteiger partial charge in [-0.1, -0.05) is 0 Å². The van der Waals surface area contributed by atoms with Gasteiger partial charge in [-0.25, -0.2) is 14.6 Å². The molecule has 0 atom stereocenters. The lowest BCUT2D eigenvalue weighted by molar-refractivity contribution is 0.174. The van der Waals surface area contributed by atoms with Crippen LogP contribution >= 0.6 is 0 Å². The summed E-state index contributed by atoms with van der Waals surface area (Å²) in [5.41, 5.74) is 8.09. The number of aromatic nitrogens is 4. The van der Waals surface area contributed by atoms with Crippen molar-refractivity contribution < 1.29 is 9.47 Å². The first-order valence-corrected chi connectivity index (χ1v) is 6.34. The third-order valence-electron chi connectivity index (χ3n) is 3.15. The first-order valence-electron chi connectivity index (χ1n) is 6.34. The first-order chi connectivity index (χ1) is 10.3. The van der Waals surface area contributed by atoms with Crippen LogP contribution in [-0.2, 0) is 0 Å². The second-order valence-electron chi connectivity index (χ2n) is 4.49. The van der Waals surface area contributed by atoms with Crippen molar-refractivity contribution in [2.24, 2.45) is 0 Å². The highest BCUT2D eigenvalue weighted by Gasteiger charge is 2.17. The van der Waals surface area contributed by atoms with E-state index in [0.29, 0.717) is 23.1 Å². The monoisotopic (exact) mass is 281 g/mol. The standard InChI is InChI=1S/C14H11N5O2/c15-10-7-19(14-16-4-1-5-17-14)18-13(10)9-2-3-11-12(6-9)21-8-20-11/h1-7H,8,15H2. The van der Waals surface area contributed by atoms with Crippen LogP contribution in [0.15, 0.2) is 42.9 Å². The molecule has 0 aliphatic carbocycles. The summed E-state index contributed by atoms with van der Waals surface area (Å²) < 4.78 is 12.2. The van der Waals surface area contributed by atoms with E-state index >= 15 is 0 Å². The Bertz CT molecular complexity index is 800. The second-order valence-corrected chi connectivity index (χ2v) is 4.49. The van der Waals surface area contributed by atoms with Crippen LogP contribution < -0.4 is 15.2 Å². The predicted molar refractivity (Wildman–Crippen MR) is 75.1 cm³/mol. The fraction of sp³-hybridized carbons (Fsp3) is 0.0714. The topological polar surface area (TPSA) is 88.1 Å². The van der Waals surface area contributed by atoms with Gasteiger partial charge in [0.05, 0.1) is 11.9 Å². The summed E-state index contributed by atoms with van der Waals surface area (Å²) in [4.78, 5) is 8.29. The van der Waals surface area contributed by atoms with E-state index in [1.165, 1.54) is 0 Å². The van der Waals surface area contributed by atoms with Gasteiger partial charge in [0.2, 0.25) is 6.79 Å². The summed E-state index contributed by atoms with van der Waals surface area (Å²) in [6.45, 7) is 0.237. The average molecular weight is 281 g/mol. The molecule has 1 aromatic carbocycles. The summed E-state index contributed by atoms with van der Waals surface area (Å²) >= 11 is 0. The Balaban J connectivity index is 1.78. The molecular weight excluding hydrogens is 270 g/mol. The van der Waals surface area contributed by atoms with Crippen molar-refractivity contribution in [1.82, 2.24) is 19.7 Å². The normalized spacial score (nSPS) is 12.6. The fourth-order valence-corrected chi connectivity index (χ4v) is 2.17. The van der Waals surface area contributed by atoms with Crippen LogP contribution in [0.1, 0.15) is 0 Å². The summed E-state index contributed by atoms with van der Waals surface area (Å²) in [5.74, 6) is 1.89. The van der Waals surface area contributed by atoms with E-state index in [-0.39, 0.29) is 6.79 Å². The zero-order valence-corrected chi connectivity index (χ0v) is 10.9. The number of anilines is 1. The highest BCUT2D eigenvalue weighted by Crippen LogP contribution is 2.36. The largest absolute Gasteiger partial charge is 0.454 e. The zero-order valence-electron chi connectivity index (χ0n) is 10.9. The quantitative estimate of drug-likeness (QED) is 0.768. The zero-order chi connectivity index (χ0) is 14.2. The van der Waals surface area contributed by atoms with Gasteiger partial charge in [-0.3, -0.25) is 0 Å². The molecule has 0 bridgehead atoms. The van der Waals surface area contributed by atoms with Crippen LogP contribution in [0.4, 0.5) is 5.69 Å². The number of hydrogen-bond acceptors (Lipinski definition) is 6. The molecule has 0 unspecified atom stereocenters. The van der Waals surface area contributed by atoms with Crippen LogP contribution in [0.2, 0.25) is 0 Å². The summed E-state index contributed by atoms with van der Waals surface area (Å²) in [6.07, 6.45) is 5.00. The number of nitrogens with zero attached hydrogens (tertiary/aromatic N) is 4. The van der Waals surface area contributed by atoms with Gasteiger partial charge in [-0.15, -0.1) is 0 Å². The predicted octanol–water partition coefficient (Wildman–Crippen LogP) is 1.64. The van der Waals surface area contributed by atoms with Crippen LogP contribution in [0.3, 0.4) is 0 Å². The SMILES string of the molecule is Nc1cn(-c2ncccn2)nc1-c1ccc2c(c1)OCO2. The maximum Gasteiger partial charge on any atom is 0.250 e. The van der Waals surface area contributed by atoms with E-state index in [1.807, 2.05) is 18.2 Å². The van der Waals surface area contributed by atoms with E-state index in [2.05, 4.69) is 15.1 Å². The van der Waals surface area contributed by atoms with Gasteiger partial charge in [0.1, 0.15) is 5.69 Å². The summed E-state index contributed by atoms with van der Waals surface area (Å²) in [6, 6.07) is 7.34. The highest BCUT2D eigenvalue weighted by molar-refractivity contribution is 5.74. The Morgan fingerprint density at radius 3 is 2.76 bits per heavy atom. The van der Waals surface area contributed by atoms with Crippen molar-refractivity contribution in [3.05, 3.63) is 42.9 Å². The summed E-state index contributed by atoms with van der Waals surface area (Å²) in [7, 11) is 0. The van der Waals surface area contributed by atoms with Crippen LogP contribution in [0, 0.1) is 0 Å². The third kappa shape index (κ3) is 1.95. The van der Waals surface area contributed by atoms with Crippen molar-refractivity contribution in [3.63, 3.8) is 0 Å². The van der Waals surface area contributed by atoms with Crippen molar-refractivity contribution in [2.75, 3.05) is 12.5 Å². The minimum atomic E-state index is 0.237. The molecule has 0 spiro atoms. The van der Waals surface area contributed by atoms with Gasteiger partial charge in [0.25, 0.3) is 5.95 Å². The Morgan fingerprint density at radius 1 is 1.10 bits per heavy atom. The van der Waals surface area contributed by atoms with E-state index in [1.54, 1.807) is 29.3 Å². The number of fused-ring (bicyclic) bond motifs is 1. The number of rotatable bonds is 2. The number of benzene rings is 1.